The molecule has 0 spiro atoms. The number of carbonyl (C=O) groups excluding carboxylic acids is 1. The first-order chi connectivity index (χ1) is 15.2. The Morgan fingerprint density at radius 3 is 2.35 bits per heavy atom. The maximum absolute atomic E-state index is 13.7. The Balaban J connectivity index is 1.43. The number of nitrogens with zero attached hydrogens (tertiary/aromatic N) is 3. The number of hydrogen-bond donors (Lipinski definition) is 0. The molecule has 1 amide bonds. The van der Waals surface area contributed by atoms with Gasteiger partial charge < -0.3 is 14.7 Å². The third-order valence-corrected chi connectivity index (χ3v) is 6.70. The van der Waals surface area contributed by atoms with E-state index >= 15 is 0 Å². The molecule has 0 saturated carbocycles. The molecule has 1 fully saturated rings. The normalized spacial score (nSPS) is 20.0. The van der Waals surface area contributed by atoms with Gasteiger partial charge in [0.1, 0.15) is 0 Å². The van der Waals surface area contributed by atoms with Crippen LogP contribution in [0.15, 0.2) is 84.9 Å². The molecule has 4 heteroatoms. The minimum Gasteiger partial charge on any atom is -0.368 e. The third-order valence-electron chi connectivity index (χ3n) is 6.70. The Morgan fingerprint density at radius 2 is 1.58 bits per heavy atom. The van der Waals surface area contributed by atoms with Crippen molar-refractivity contribution in [2.75, 3.05) is 36.5 Å². The Kier molecular flexibility index (Phi) is 5.37. The lowest BCUT2D eigenvalue weighted by Crippen LogP contribution is -2.61. The van der Waals surface area contributed by atoms with Crippen LogP contribution in [0.25, 0.3) is 0 Å². The fraction of sp³-hybridized carbons (Fsp3) is 0.296. The van der Waals surface area contributed by atoms with E-state index in [4.69, 9.17) is 0 Å². The smallest absolute Gasteiger partial charge is 0.228 e. The highest BCUT2D eigenvalue weighted by atomic mass is 16.2. The highest BCUT2D eigenvalue weighted by molar-refractivity contribution is 5.82. The minimum absolute atomic E-state index is 0.0462. The molecule has 0 unspecified atom stereocenters. The molecule has 2 aliphatic rings. The van der Waals surface area contributed by atoms with Gasteiger partial charge in [0, 0.05) is 44.6 Å². The van der Waals surface area contributed by atoms with Crippen molar-refractivity contribution in [2.24, 2.45) is 5.92 Å². The van der Waals surface area contributed by atoms with Crippen molar-refractivity contribution in [1.82, 2.24) is 4.90 Å². The molecule has 0 aromatic heterocycles. The summed E-state index contributed by atoms with van der Waals surface area (Å²) < 4.78 is 0. The van der Waals surface area contributed by atoms with Crippen LogP contribution < -0.4 is 9.80 Å². The van der Waals surface area contributed by atoms with Gasteiger partial charge in [0.2, 0.25) is 5.91 Å². The first kappa shape index (κ1) is 19.7. The number of carbonyl (C=O) groups is 1. The van der Waals surface area contributed by atoms with E-state index in [1.165, 1.54) is 22.5 Å². The molecule has 31 heavy (non-hydrogen) atoms. The summed E-state index contributed by atoms with van der Waals surface area (Å²) in [6.07, 6.45) is 0.804. The molecule has 3 aromatic rings. The van der Waals surface area contributed by atoms with E-state index in [-0.39, 0.29) is 17.9 Å². The Morgan fingerprint density at radius 1 is 0.903 bits per heavy atom. The lowest BCUT2D eigenvalue weighted by atomic mass is 9.83. The number of fused-ring (bicyclic) bond motifs is 3. The summed E-state index contributed by atoms with van der Waals surface area (Å²) >= 11 is 0. The SMILES string of the molecule is CN(Cc1ccccc1)C(=O)[C@@H]1Cc2ccccc2N2CCN(c3ccccc3)C[C@@H]12. The number of piperazine rings is 1. The second-order valence-corrected chi connectivity index (χ2v) is 8.66. The van der Waals surface area contributed by atoms with Crippen LogP contribution in [0, 0.1) is 5.92 Å². The Labute approximate surface area is 184 Å². The summed E-state index contributed by atoms with van der Waals surface area (Å²) in [5.41, 5.74) is 5.00. The van der Waals surface area contributed by atoms with Gasteiger partial charge in [-0.15, -0.1) is 0 Å². The fourth-order valence-corrected chi connectivity index (χ4v) is 5.13. The lowest BCUT2D eigenvalue weighted by Gasteiger charge is -2.50. The second kappa shape index (κ2) is 8.46. The van der Waals surface area contributed by atoms with E-state index in [1.807, 2.05) is 30.1 Å². The summed E-state index contributed by atoms with van der Waals surface area (Å²) in [5, 5.41) is 0. The van der Waals surface area contributed by atoms with Crippen molar-refractivity contribution in [3.05, 3.63) is 96.1 Å². The predicted molar refractivity (Wildman–Crippen MR) is 126 cm³/mol. The molecule has 5 rings (SSSR count). The first-order valence-corrected chi connectivity index (χ1v) is 11.1. The van der Waals surface area contributed by atoms with Crippen molar-refractivity contribution in [3.63, 3.8) is 0 Å². The van der Waals surface area contributed by atoms with E-state index < -0.39 is 0 Å². The molecule has 0 radical (unpaired) electrons. The summed E-state index contributed by atoms with van der Waals surface area (Å²) in [6, 6.07) is 29.6. The van der Waals surface area contributed by atoms with Crippen LogP contribution in [-0.2, 0) is 17.8 Å². The topological polar surface area (TPSA) is 26.8 Å². The highest BCUT2D eigenvalue weighted by Crippen LogP contribution is 2.37. The first-order valence-electron chi connectivity index (χ1n) is 11.1. The van der Waals surface area contributed by atoms with Gasteiger partial charge >= 0.3 is 0 Å². The average Bonchev–Trinajstić information content (AvgIpc) is 2.84. The van der Waals surface area contributed by atoms with Crippen LogP contribution >= 0.6 is 0 Å². The molecule has 2 atom stereocenters. The van der Waals surface area contributed by atoms with E-state index in [1.54, 1.807) is 0 Å². The molecule has 0 N–H and O–H groups in total. The zero-order chi connectivity index (χ0) is 21.2. The van der Waals surface area contributed by atoms with E-state index in [0.29, 0.717) is 6.54 Å². The van der Waals surface area contributed by atoms with Gasteiger partial charge in [-0.3, -0.25) is 4.79 Å². The maximum Gasteiger partial charge on any atom is 0.228 e. The molecule has 3 aromatic carbocycles. The van der Waals surface area contributed by atoms with Crippen LogP contribution in [0.1, 0.15) is 11.1 Å². The van der Waals surface area contributed by atoms with Crippen molar-refractivity contribution < 1.29 is 4.79 Å². The summed E-state index contributed by atoms with van der Waals surface area (Å²) in [7, 11) is 1.94. The number of benzene rings is 3. The third kappa shape index (κ3) is 3.90. The van der Waals surface area contributed by atoms with Crippen molar-refractivity contribution in [1.29, 1.82) is 0 Å². The Bertz CT molecular complexity index is 1040. The van der Waals surface area contributed by atoms with Gasteiger partial charge in [0.25, 0.3) is 0 Å². The number of rotatable bonds is 4. The molecule has 158 valence electrons. The quantitative estimate of drug-likeness (QED) is 0.643. The van der Waals surface area contributed by atoms with Gasteiger partial charge in [-0.25, -0.2) is 0 Å². The molecule has 2 heterocycles. The molecular formula is C27H29N3O. The van der Waals surface area contributed by atoms with Gasteiger partial charge in [0.15, 0.2) is 0 Å². The molecule has 1 saturated heterocycles. The molecule has 4 nitrogen and oxygen atoms in total. The zero-order valence-corrected chi connectivity index (χ0v) is 18.0. The number of para-hydroxylation sites is 2. The minimum atomic E-state index is -0.0462. The summed E-state index contributed by atoms with van der Waals surface area (Å²) in [4.78, 5) is 20.5. The van der Waals surface area contributed by atoms with Crippen LogP contribution in [0.3, 0.4) is 0 Å². The van der Waals surface area contributed by atoms with Crippen LogP contribution in [0.5, 0.6) is 0 Å². The zero-order valence-electron chi connectivity index (χ0n) is 18.0. The van der Waals surface area contributed by atoms with E-state index in [2.05, 4.69) is 76.5 Å². The Hall–Kier alpha value is -3.27. The number of amides is 1. The van der Waals surface area contributed by atoms with Crippen molar-refractivity contribution in [3.8, 4) is 0 Å². The van der Waals surface area contributed by atoms with Crippen LogP contribution in [-0.4, -0.2) is 43.5 Å². The predicted octanol–water partition coefficient (Wildman–Crippen LogP) is 4.21. The van der Waals surface area contributed by atoms with Gasteiger partial charge in [-0.2, -0.15) is 0 Å². The lowest BCUT2D eigenvalue weighted by molar-refractivity contribution is -0.135. The van der Waals surface area contributed by atoms with Crippen LogP contribution in [0.2, 0.25) is 0 Å². The highest BCUT2D eigenvalue weighted by Gasteiger charge is 2.42. The second-order valence-electron chi connectivity index (χ2n) is 8.66. The van der Waals surface area contributed by atoms with Crippen molar-refractivity contribution >= 4 is 17.3 Å². The largest absolute Gasteiger partial charge is 0.368 e. The van der Waals surface area contributed by atoms with Crippen LogP contribution in [0.4, 0.5) is 11.4 Å². The molecule has 2 aliphatic heterocycles. The van der Waals surface area contributed by atoms with E-state index in [0.717, 1.165) is 26.1 Å². The van der Waals surface area contributed by atoms with Crippen molar-refractivity contribution in [2.45, 2.75) is 19.0 Å². The monoisotopic (exact) mass is 411 g/mol. The molecule has 0 aliphatic carbocycles. The summed E-state index contributed by atoms with van der Waals surface area (Å²) in [6.45, 7) is 3.42. The number of hydrogen-bond acceptors (Lipinski definition) is 3. The fourth-order valence-electron chi connectivity index (χ4n) is 5.13. The summed E-state index contributed by atoms with van der Waals surface area (Å²) in [5.74, 6) is 0.193. The van der Waals surface area contributed by atoms with Gasteiger partial charge in [-0.05, 0) is 35.7 Å². The molecular weight excluding hydrogens is 382 g/mol. The van der Waals surface area contributed by atoms with Gasteiger partial charge in [-0.1, -0.05) is 66.7 Å². The van der Waals surface area contributed by atoms with Gasteiger partial charge in [0.05, 0.1) is 12.0 Å². The molecule has 0 bridgehead atoms. The average molecular weight is 412 g/mol. The maximum atomic E-state index is 13.7. The number of anilines is 2. The standard InChI is InChI=1S/C27H29N3O/c1-28(19-21-10-4-2-5-11-21)27(31)24-18-22-12-8-9-15-25(22)30-17-16-29(20-26(24)30)23-13-6-3-7-14-23/h2-15,24,26H,16-20H2,1H3/t24-,26+/m1/s1. The van der Waals surface area contributed by atoms with E-state index in [9.17, 15) is 4.79 Å².